The third-order valence-electron chi connectivity index (χ3n) is 6.11. The van der Waals surface area contributed by atoms with Gasteiger partial charge in [-0.15, -0.1) is 0 Å². The third kappa shape index (κ3) is 4.52. The van der Waals surface area contributed by atoms with Crippen LogP contribution in [0.4, 0.5) is 11.4 Å². The maximum absolute atomic E-state index is 12.8. The second-order valence-electron chi connectivity index (χ2n) is 8.40. The number of rotatable bonds is 6. The fraction of sp³-hybridized carbons (Fsp3) is 0.0667. The Bertz CT molecular complexity index is 1220. The number of anilines is 2. The fourth-order valence-corrected chi connectivity index (χ4v) is 4.15. The molecule has 5 rings (SSSR count). The van der Waals surface area contributed by atoms with Crippen LogP contribution < -0.4 is 10.6 Å². The first kappa shape index (κ1) is 21.4. The second kappa shape index (κ2) is 9.20. The molecule has 1 aliphatic rings. The first-order chi connectivity index (χ1) is 16.6. The lowest BCUT2D eigenvalue weighted by Gasteiger charge is -2.08. The first-order valence-electron chi connectivity index (χ1n) is 11.2. The van der Waals surface area contributed by atoms with E-state index in [4.69, 9.17) is 0 Å². The highest BCUT2D eigenvalue weighted by Crippen LogP contribution is 2.45. The van der Waals surface area contributed by atoms with Crippen LogP contribution in [0.2, 0.25) is 0 Å². The van der Waals surface area contributed by atoms with Gasteiger partial charge in [-0.3, -0.25) is 9.59 Å². The van der Waals surface area contributed by atoms with Gasteiger partial charge in [-0.25, -0.2) is 0 Å². The molecule has 0 aromatic heterocycles. The Balaban J connectivity index is 1.18. The van der Waals surface area contributed by atoms with Crippen LogP contribution >= 0.6 is 0 Å². The molecule has 0 aliphatic heterocycles. The molecular weight excluding hydrogens is 420 g/mol. The van der Waals surface area contributed by atoms with Gasteiger partial charge in [0.2, 0.25) is 11.8 Å². The van der Waals surface area contributed by atoms with Crippen molar-refractivity contribution < 1.29 is 9.59 Å². The van der Waals surface area contributed by atoms with Crippen LogP contribution in [0.1, 0.15) is 0 Å². The lowest BCUT2D eigenvalue weighted by Crippen LogP contribution is -2.20. The minimum atomic E-state index is -0.516. The number of nitrogens with one attached hydrogen (secondary N) is 2. The SMILES string of the molecule is C=C1C(C(=O)Nc2ccc(-c3ccccc3)cc2)[C@H]1C(=O)Nc1ccc(-c2ccccc2)cc1. The van der Waals surface area contributed by atoms with Crippen LogP contribution in [0.3, 0.4) is 0 Å². The Hall–Kier alpha value is -4.44. The van der Waals surface area contributed by atoms with Crippen LogP contribution in [0, 0.1) is 11.8 Å². The van der Waals surface area contributed by atoms with Gasteiger partial charge >= 0.3 is 0 Å². The molecule has 4 aromatic rings. The van der Waals surface area contributed by atoms with Crippen LogP contribution in [-0.4, -0.2) is 11.8 Å². The first-order valence-corrected chi connectivity index (χ1v) is 11.2. The minimum Gasteiger partial charge on any atom is -0.326 e. The third-order valence-corrected chi connectivity index (χ3v) is 6.11. The molecule has 4 heteroatoms. The number of carbonyl (C=O) groups is 2. The van der Waals surface area contributed by atoms with E-state index in [1.165, 1.54) is 0 Å². The van der Waals surface area contributed by atoms with Crippen LogP contribution in [0.25, 0.3) is 22.3 Å². The molecule has 1 fully saturated rings. The Labute approximate surface area is 199 Å². The van der Waals surface area contributed by atoms with Crippen molar-refractivity contribution >= 4 is 23.2 Å². The molecule has 0 spiro atoms. The average Bonchev–Trinajstić information content (AvgIpc) is 3.57. The van der Waals surface area contributed by atoms with E-state index in [9.17, 15) is 9.59 Å². The highest BCUT2D eigenvalue weighted by Gasteiger charge is 2.52. The van der Waals surface area contributed by atoms with E-state index in [0.29, 0.717) is 16.9 Å². The summed E-state index contributed by atoms with van der Waals surface area (Å²) in [6.45, 7) is 3.94. The minimum absolute atomic E-state index is 0.211. The van der Waals surface area contributed by atoms with Gasteiger partial charge in [-0.2, -0.15) is 0 Å². The summed E-state index contributed by atoms with van der Waals surface area (Å²) in [4.78, 5) is 25.5. The van der Waals surface area contributed by atoms with E-state index in [1.807, 2.05) is 109 Å². The molecule has 0 heterocycles. The summed E-state index contributed by atoms with van der Waals surface area (Å²) in [6, 6.07) is 35.4. The zero-order chi connectivity index (χ0) is 23.5. The lowest BCUT2D eigenvalue weighted by atomic mass is 10.1. The smallest absolute Gasteiger partial charge is 0.232 e. The second-order valence-corrected chi connectivity index (χ2v) is 8.40. The molecule has 4 aromatic carbocycles. The van der Waals surface area contributed by atoms with E-state index in [0.717, 1.165) is 22.3 Å². The van der Waals surface area contributed by atoms with Gasteiger partial charge in [0, 0.05) is 11.4 Å². The summed E-state index contributed by atoms with van der Waals surface area (Å²) in [6.07, 6.45) is 0. The number of amides is 2. The summed E-state index contributed by atoms with van der Waals surface area (Å²) >= 11 is 0. The predicted octanol–water partition coefficient (Wildman–Crippen LogP) is 6.40. The summed E-state index contributed by atoms with van der Waals surface area (Å²) < 4.78 is 0. The lowest BCUT2D eigenvalue weighted by molar-refractivity contribution is -0.122. The Morgan fingerprint density at radius 1 is 0.500 bits per heavy atom. The van der Waals surface area contributed by atoms with E-state index < -0.39 is 11.8 Å². The molecule has 1 aliphatic carbocycles. The fourth-order valence-electron chi connectivity index (χ4n) is 4.15. The maximum atomic E-state index is 12.8. The van der Waals surface area contributed by atoms with Gasteiger partial charge in [0.25, 0.3) is 0 Å². The highest BCUT2D eigenvalue weighted by molar-refractivity contribution is 6.08. The largest absolute Gasteiger partial charge is 0.326 e. The maximum Gasteiger partial charge on any atom is 0.232 e. The van der Waals surface area contributed by atoms with Crippen molar-refractivity contribution in [3.05, 3.63) is 121 Å². The standard InChI is InChI=1S/C30H24N2O2/c1-20-27(29(33)31-25-16-12-23(13-17-25)21-8-4-2-5-9-21)28(20)30(34)32-26-18-14-24(15-19-26)22-10-6-3-7-11-22/h2-19,27-28H,1H2,(H,31,33)(H,32,34)/t27-,28?/m0/s1. The van der Waals surface area contributed by atoms with E-state index in [2.05, 4.69) is 17.2 Å². The van der Waals surface area contributed by atoms with E-state index in [1.54, 1.807) is 0 Å². The van der Waals surface area contributed by atoms with E-state index >= 15 is 0 Å². The molecule has 166 valence electrons. The van der Waals surface area contributed by atoms with Crippen molar-refractivity contribution in [2.45, 2.75) is 0 Å². The van der Waals surface area contributed by atoms with Crippen molar-refractivity contribution in [2.75, 3.05) is 10.6 Å². The van der Waals surface area contributed by atoms with Gasteiger partial charge in [-0.1, -0.05) is 97.1 Å². The summed E-state index contributed by atoms with van der Waals surface area (Å²) in [7, 11) is 0. The van der Waals surface area contributed by atoms with Gasteiger partial charge in [-0.05, 0) is 46.5 Å². The normalized spacial score (nSPS) is 16.5. The topological polar surface area (TPSA) is 58.2 Å². The number of carbonyl (C=O) groups excluding carboxylic acids is 2. The predicted molar refractivity (Wildman–Crippen MR) is 137 cm³/mol. The molecule has 0 bridgehead atoms. The summed E-state index contributed by atoms with van der Waals surface area (Å²) in [5.74, 6) is -1.45. The molecule has 2 N–H and O–H groups in total. The zero-order valence-electron chi connectivity index (χ0n) is 18.6. The molecule has 2 atom stereocenters. The van der Waals surface area contributed by atoms with Crippen molar-refractivity contribution in [3.8, 4) is 22.3 Å². The molecule has 0 saturated heterocycles. The van der Waals surface area contributed by atoms with Crippen LogP contribution in [0.5, 0.6) is 0 Å². The summed E-state index contributed by atoms with van der Waals surface area (Å²) in [5, 5.41) is 5.82. The van der Waals surface area contributed by atoms with Crippen molar-refractivity contribution in [2.24, 2.45) is 11.8 Å². The zero-order valence-corrected chi connectivity index (χ0v) is 18.6. The average molecular weight is 445 g/mol. The number of benzene rings is 4. The number of hydrogen-bond acceptors (Lipinski definition) is 2. The van der Waals surface area contributed by atoms with Crippen molar-refractivity contribution in [1.29, 1.82) is 0 Å². The quantitative estimate of drug-likeness (QED) is 0.338. The molecule has 1 unspecified atom stereocenters. The van der Waals surface area contributed by atoms with Crippen LogP contribution in [0.15, 0.2) is 121 Å². The van der Waals surface area contributed by atoms with Crippen molar-refractivity contribution in [3.63, 3.8) is 0 Å². The molecule has 0 radical (unpaired) electrons. The Kier molecular flexibility index (Phi) is 5.79. The highest BCUT2D eigenvalue weighted by atomic mass is 16.2. The van der Waals surface area contributed by atoms with Crippen molar-refractivity contribution in [1.82, 2.24) is 0 Å². The molecule has 34 heavy (non-hydrogen) atoms. The summed E-state index contributed by atoms with van der Waals surface area (Å²) in [5.41, 5.74) is 6.40. The van der Waals surface area contributed by atoms with E-state index in [-0.39, 0.29) is 11.8 Å². The van der Waals surface area contributed by atoms with Crippen LogP contribution in [-0.2, 0) is 9.59 Å². The monoisotopic (exact) mass is 444 g/mol. The Morgan fingerprint density at radius 3 is 1.18 bits per heavy atom. The van der Waals surface area contributed by atoms with Gasteiger partial charge in [0.15, 0.2) is 0 Å². The Morgan fingerprint density at radius 2 is 0.824 bits per heavy atom. The molecule has 1 saturated carbocycles. The van der Waals surface area contributed by atoms with Gasteiger partial charge in [0.1, 0.15) is 0 Å². The van der Waals surface area contributed by atoms with Gasteiger partial charge in [0.05, 0.1) is 11.8 Å². The van der Waals surface area contributed by atoms with Gasteiger partial charge < -0.3 is 10.6 Å². The molecule has 4 nitrogen and oxygen atoms in total. The number of hydrogen-bond donors (Lipinski definition) is 2. The molecular formula is C30H24N2O2. The molecule has 2 amide bonds.